The molecule has 1 saturated carbocycles. The van der Waals surface area contributed by atoms with Crippen molar-refractivity contribution in [1.29, 1.82) is 0 Å². The Morgan fingerprint density at radius 2 is 2.18 bits per heavy atom. The van der Waals surface area contributed by atoms with E-state index in [0.717, 1.165) is 30.6 Å². The Balaban J connectivity index is 1.92. The number of nitrogens with one attached hydrogen (secondary N) is 1. The minimum atomic E-state index is -0.00291. The van der Waals surface area contributed by atoms with Crippen molar-refractivity contribution in [3.8, 4) is 11.5 Å². The van der Waals surface area contributed by atoms with Crippen LogP contribution in [0.15, 0.2) is 23.3 Å². The van der Waals surface area contributed by atoms with Crippen molar-refractivity contribution in [3.63, 3.8) is 0 Å². The van der Waals surface area contributed by atoms with Crippen molar-refractivity contribution < 1.29 is 14.3 Å². The van der Waals surface area contributed by atoms with Gasteiger partial charge in [0.1, 0.15) is 0 Å². The van der Waals surface area contributed by atoms with Gasteiger partial charge in [-0.3, -0.25) is 4.79 Å². The summed E-state index contributed by atoms with van der Waals surface area (Å²) in [5.41, 5.74) is 3.40. The second kappa shape index (κ2) is 7.82. The summed E-state index contributed by atoms with van der Waals surface area (Å²) in [6.07, 6.45) is 4.55. The summed E-state index contributed by atoms with van der Waals surface area (Å²) in [7, 11) is 1.61. The van der Waals surface area contributed by atoms with E-state index in [-0.39, 0.29) is 11.8 Å². The molecule has 2 rings (SSSR count). The molecule has 0 heterocycles. The summed E-state index contributed by atoms with van der Waals surface area (Å²) in [5.74, 6) is 2.15. The Labute approximate surface area is 131 Å². The Kier molecular flexibility index (Phi) is 5.81. The molecule has 1 amide bonds. The number of methoxy groups -OCH3 is 1. The fourth-order valence-electron chi connectivity index (χ4n) is 1.90. The predicted molar refractivity (Wildman–Crippen MR) is 86.4 cm³/mol. The lowest BCUT2D eigenvalue weighted by Gasteiger charge is -2.12. The molecule has 1 aliphatic carbocycles. The molecule has 1 fully saturated rings. The first-order valence-corrected chi connectivity index (χ1v) is 7.74. The maximum absolute atomic E-state index is 11.5. The van der Waals surface area contributed by atoms with E-state index in [9.17, 15) is 4.79 Å². The molecule has 0 aliphatic heterocycles. The molecule has 5 nitrogen and oxygen atoms in total. The van der Waals surface area contributed by atoms with Crippen molar-refractivity contribution in [3.05, 3.63) is 23.8 Å². The number of carbonyl (C=O) groups excluding carboxylic acids is 1. The van der Waals surface area contributed by atoms with Crippen LogP contribution in [0.1, 0.15) is 38.7 Å². The Morgan fingerprint density at radius 3 is 2.82 bits per heavy atom. The minimum Gasteiger partial charge on any atom is -0.493 e. The second-order valence-corrected chi connectivity index (χ2v) is 5.95. The zero-order valence-corrected chi connectivity index (χ0v) is 13.5. The molecule has 0 atom stereocenters. The van der Waals surface area contributed by atoms with Gasteiger partial charge in [-0.1, -0.05) is 13.8 Å². The highest BCUT2D eigenvalue weighted by Gasteiger charge is 2.29. The summed E-state index contributed by atoms with van der Waals surface area (Å²) in [5, 5.41) is 3.97. The molecule has 0 bridgehead atoms. The Hall–Kier alpha value is -2.04. The highest BCUT2D eigenvalue weighted by atomic mass is 16.5. The first-order valence-electron chi connectivity index (χ1n) is 7.74. The molecule has 0 radical (unpaired) electrons. The van der Waals surface area contributed by atoms with Crippen LogP contribution in [0.5, 0.6) is 11.5 Å². The largest absolute Gasteiger partial charge is 0.493 e. The molecule has 1 aromatic rings. The molecule has 0 saturated heterocycles. The molecule has 22 heavy (non-hydrogen) atoms. The highest BCUT2D eigenvalue weighted by molar-refractivity contribution is 5.84. The third-order valence-electron chi connectivity index (χ3n) is 3.48. The molecular formula is C17H24N2O3. The third kappa shape index (κ3) is 5.06. The number of rotatable bonds is 8. The smallest absolute Gasteiger partial charge is 0.243 e. The maximum atomic E-state index is 11.5. The Bertz CT molecular complexity index is 537. The SMILES string of the molecule is COc1cc(/C=N/NC(=O)C2CC2)ccc1OCCC(C)C. The number of ether oxygens (including phenoxy) is 2. The monoisotopic (exact) mass is 304 g/mol. The lowest BCUT2D eigenvalue weighted by atomic mass is 10.1. The van der Waals surface area contributed by atoms with Crippen LogP contribution in [0.4, 0.5) is 0 Å². The van der Waals surface area contributed by atoms with Crippen molar-refractivity contribution in [1.82, 2.24) is 5.43 Å². The van der Waals surface area contributed by atoms with Gasteiger partial charge in [0.05, 0.1) is 19.9 Å². The number of nitrogens with zero attached hydrogens (tertiary/aromatic N) is 1. The van der Waals surface area contributed by atoms with Gasteiger partial charge in [-0.25, -0.2) is 5.43 Å². The van der Waals surface area contributed by atoms with Gasteiger partial charge in [0.15, 0.2) is 11.5 Å². The fraction of sp³-hybridized carbons (Fsp3) is 0.529. The van der Waals surface area contributed by atoms with Crippen LogP contribution in [0.2, 0.25) is 0 Å². The average molecular weight is 304 g/mol. The highest BCUT2D eigenvalue weighted by Crippen LogP contribution is 2.29. The molecule has 1 N–H and O–H groups in total. The molecular weight excluding hydrogens is 280 g/mol. The summed E-state index contributed by atoms with van der Waals surface area (Å²) in [6.45, 7) is 4.99. The van der Waals surface area contributed by atoms with Crippen molar-refractivity contribution in [2.45, 2.75) is 33.1 Å². The van der Waals surface area contributed by atoms with Gasteiger partial charge < -0.3 is 9.47 Å². The van der Waals surface area contributed by atoms with Crippen molar-refractivity contribution in [2.24, 2.45) is 16.9 Å². The molecule has 0 spiro atoms. The lowest BCUT2D eigenvalue weighted by molar-refractivity contribution is -0.122. The van der Waals surface area contributed by atoms with Crippen LogP contribution >= 0.6 is 0 Å². The molecule has 0 aromatic heterocycles. The van der Waals surface area contributed by atoms with E-state index < -0.39 is 0 Å². The van der Waals surface area contributed by atoms with Crippen LogP contribution in [-0.4, -0.2) is 25.8 Å². The third-order valence-corrected chi connectivity index (χ3v) is 3.48. The summed E-state index contributed by atoms with van der Waals surface area (Å²) >= 11 is 0. The quantitative estimate of drug-likeness (QED) is 0.593. The standard InChI is InChI=1S/C17H24N2O3/c1-12(2)8-9-22-15-7-4-13(10-16(15)21-3)11-18-19-17(20)14-5-6-14/h4,7,10-12,14H,5-6,8-9H2,1-3H3,(H,19,20)/b18-11+. The van der Waals surface area contributed by atoms with Gasteiger partial charge in [0.25, 0.3) is 0 Å². The summed E-state index contributed by atoms with van der Waals surface area (Å²) < 4.78 is 11.1. The zero-order chi connectivity index (χ0) is 15.9. The molecule has 5 heteroatoms. The average Bonchev–Trinajstić information content (AvgIpc) is 3.32. The molecule has 1 aromatic carbocycles. The molecule has 120 valence electrons. The van der Waals surface area contributed by atoms with E-state index in [2.05, 4.69) is 24.4 Å². The maximum Gasteiger partial charge on any atom is 0.243 e. The summed E-state index contributed by atoms with van der Waals surface area (Å²) in [4.78, 5) is 11.5. The van der Waals surface area contributed by atoms with E-state index in [4.69, 9.17) is 9.47 Å². The topological polar surface area (TPSA) is 59.9 Å². The molecule has 0 unspecified atom stereocenters. The predicted octanol–water partition coefficient (Wildman–Crippen LogP) is 2.98. The number of hydrogen-bond acceptors (Lipinski definition) is 4. The van der Waals surface area contributed by atoms with E-state index in [1.54, 1.807) is 13.3 Å². The van der Waals surface area contributed by atoms with Crippen molar-refractivity contribution in [2.75, 3.05) is 13.7 Å². The van der Waals surface area contributed by atoms with Gasteiger partial charge in [0, 0.05) is 5.92 Å². The van der Waals surface area contributed by atoms with Gasteiger partial charge in [0.2, 0.25) is 5.91 Å². The fourth-order valence-corrected chi connectivity index (χ4v) is 1.90. The first-order chi connectivity index (χ1) is 10.6. The summed E-state index contributed by atoms with van der Waals surface area (Å²) in [6, 6.07) is 5.60. The van der Waals surface area contributed by atoms with Crippen LogP contribution in [0.3, 0.4) is 0 Å². The first kappa shape index (κ1) is 16.3. The number of hydrazone groups is 1. The van der Waals surface area contributed by atoms with Gasteiger partial charge in [-0.2, -0.15) is 5.10 Å². The van der Waals surface area contributed by atoms with E-state index in [0.29, 0.717) is 18.3 Å². The lowest BCUT2D eigenvalue weighted by Crippen LogP contribution is -2.18. The van der Waals surface area contributed by atoms with E-state index in [1.165, 1.54) is 0 Å². The van der Waals surface area contributed by atoms with E-state index >= 15 is 0 Å². The zero-order valence-electron chi connectivity index (χ0n) is 13.5. The van der Waals surface area contributed by atoms with Gasteiger partial charge >= 0.3 is 0 Å². The number of amides is 1. The Morgan fingerprint density at radius 1 is 1.41 bits per heavy atom. The van der Waals surface area contributed by atoms with Gasteiger partial charge in [-0.15, -0.1) is 0 Å². The van der Waals surface area contributed by atoms with E-state index in [1.807, 2.05) is 18.2 Å². The second-order valence-electron chi connectivity index (χ2n) is 5.95. The number of benzene rings is 1. The van der Waals surface area contributed by atoms with Crippen molar-refractivity contribution >= 4 is 12.1 Å². The molecule has 1 aliphatic rings. The normalized spacial score (nSPS) is 14.4. The number of carbonyl (C=O) groups is 1. The van der Waals surface area contributed by atoms with Crippen LogP contribution in [0.25, 0.3) is 0 Å². The van der Waals surface area contributed by atoms with Gasteiger partial charge in [-0.05, 0) is 48.9 Å². The minimum absolute atomic E-state index is 0.00291. The van der Waals surface area contributed by atoms with Crippen LogP contribution < -0.4 is 14.9 Å². The van der Waals surface area contributed by atoms with Crippen LogP contribution in [-0.2, 0) is 4.79 Å². The van der Waals surface area contributed by atoms with Crippen LogP contribution in [0, 0.1) is 11.8 Å². The number of hydrogen-bond donors (Lipinski definition) is 1.